The van der Waals surface area contributed by atoms with Crippen LogP contribution in [0.3, 0.4) is 0 Å². The van der Waals surface area contributed by atoms with Gasteiger partial charge in [-0.05, 0) is 17.7 Å². The van der Waals surface area contributed by atoms with E-state index >= 15 is 0 Å². The Hall–Kier alpha value is -2.21. The first-order valence-electron chi connectivity index (χ1n) is 5.94. The smallest absolute Gasteiger partial charge is 0.160 e. The Bertz CT molecular complexity index is 757. The Balaban J connectivity index is 1.90. The van der Waals surface area contributed by atoms with E-state index in [1.54, 1.807) is 18.3 Å². The minimum Gasteiger partial charge on any atom is -0.355 e. The molecule has 0 saturated heterocycles. The van der Waals surface area contributed by atoms with E-state index in [0.717, 1.165) is 16.8 Å². The molecule has 3 rings (SSSR count). The zero-order chi connectivity index (χ0) is 14.1. The van der Waals surface area contributed by atoms with Crippen LogP contribution in [-0.2, 0) is 6.54 Å². The lowest BCUT2D eigenvalue weighted by Gasteiger charge is -2.18. The molecule has 2 heterocycles. The zero-order valence-corrected chi connectivity index (χ0v) is 11.4. The molecule has 1 aromatic carbocycles. The van der Waals surface area contributed by atoms with Crippen molar-refractivity contribution in [3.05, 3.63) is 47.1 Å². The number of nitrogens with one attached hydrogen (secondary N) is 1. The van der Waals surface area contributed by atoms with E-state index in [4.69, 9.17) is 11.6 Å². The third-order valence-corrected chi connectivity index (χ3v) is 3.30. The number of aromatic amines is 1. The van der Waals surface area contributed by atoms with Crippen LogP contribution in [0.4, 0.5) is 10.2 Å². The van der Waals surface area contributed by atoms with Gasteiger partial charge in [0.2, 0.25) is 0 Å². The lowest BCUT2D eigenvalue weighted by atomic mass is 10.2. The number of aromatic nitrogens is 4. The molecular formula is C13H11ClFN5. The minimum absolute atomic E-state index is 0.121. The minimum atomic E-state index is -0.422. The second kappa shape index (κ2) is 5.05. The van der Waals surface area contributed by atoms with Crippen LogP contribution in [0.1, 0.15) is 5.56 Å². The number of hydrogen-bond donors (Lipinski definition) is 1. The van der Waals surface area contributed by atoms with Gasteiger partial charge in [0.25, 0.3) is 0 Å². The molecule has 7 heteroatoms. The summed E-state index contributed by atoms with van der Waals surface area (Å²) in [5, 5.41) is 7.68. The number of nitrogens with zero attached hydrogens (tertiary/aromatic N) is 4. The summed E-state index contributed by atoms with van der Waals surface area (Å²) in [5.74, 6) is 0.313. The molecule has 0 aliphatic rings. The van der Waals surface area contributed by atoms with Crippen molar-refractivity contribution in [2.24, 2.45) is 0 Å². The highest BCUT2D eigenvalue weighted by Gasteiger charge is 2.11. The summed E-state index contributed by atoms with van der Waals surface area (Å²) in [7, 11) is 1.88. The molecule has 20 heavy (non-hydrogen) atoms. The highest BCUT2D eigenvalue weighted by Crippen LogP contribution is 2.22. The first-order valence-corrected chi connectivity index (χ1v) is 6.32. The quantitative estimate of drug-likeness (QED) is 0.806. The molecule has 0 saturated carbocycles. The van der Waals surface area contributed by atoms with Crippen molar-refractivity contribution < 1.29 is 4.39 Å². The van der Waals surface area contributed by atoms with Gasteiger partial charge in [0.15, 0.2) is 5.65 Å². The van der Waals surface area contributed by atoms with E-state index in [-0.39, 0.29) is 5.02 Å². The molecule has 102 valence electrons. The van der Waals surface area contributed by atoms with Crippen LogP contribution in [0, 0.1) is 5.82 Å². The first-order chi connectivity index (χ1) is 9.65. The van der Waals surface area contributed by atoms with Crippen molar-refractivity contribution in [1.82, 2.24) is 20.2 Å². The van der Waals surface area contributed by atoms with Crippen molar-refractivity contribution >= 4 is 28.5 Å². The summed E-state index contributed by atoms with van der Waals surface area (Å²) < 4.78 is 13.4. The topological polar surface area (TPSA) is 57.7 Å². The van der Waals surface area contributed by atoms with Crippen molar-refractivity contribution in [3.8, 4) is 0 Å². The van der Waals surface area contributed by atoms with E-state index in [1.165, 1.54) is 12.4 Å². The summed E-state index contributed by atoms with van der Waals surface area (Å²) >= 11 is 5.68. The van der Waals surface area contributed by atoms with Crippen LogP contribution in [-0.4, -0.2) is 27.2 Å². The summed E-state index contributed by atoms with van der Waals surface area (Å²) in [6.07, 6.45) is 3.14. The van der Waals surface area contributed by atoms with Gasteiger partial charge in [-0.25, -0.2) is 14.4 Å². The number of H-pyrrole nitrogens is 1. The summed E-state index contributed by atoms with van der Waals surface area (Å²) in [6, 6.07) is 4.76. The molecule has 0 unspecified atom stereocenters. The van der Waals surface area contributed by atoms with Gasteiger partial charge in [-0.3, -0.25) is 5.10 Å². The van der Waals surface area contributed by atoms with E-state index in [1.807, 2.05) is 11.9 Å². The van der Waals surface area contributed by atoms with Gasteiger partial charge in [-0.2, -0.15) is 5.10 Å². The molecule has 0 aliphatic carbocycles. The lowest BCUT2D eigenvalue weighted by molar-refractivity contribution is 0.625. The molecule has 0 fully saturated rings. The molecular weight excluding hydrogens is 281 g/mol. The Morgan fingerprint density at radius 2 is 2.20 bits per heavy atom. The van der Waals surface area contributed by atoms with Crippen molar-refractivity contribution in [1.29, 1.82) is 0 Å². The van der Waals surface area contributed by atoms with Gasteiger partial charge in [0.05, 0.1) is 16.6 Å². The Morgan fingerprint density at radius 1 is 1.35 bits per heavy atom. The second-order valence-electron chi connectivity index (χ2n) is 4.43. The monoisotopic (exact) mass is 291 g/mol. The zero-order valence-electron chi connectivity index (χ0n) is 10.6. The average molecular weight is 292 g/mol. The highest BCUT2D eigenvalue weighted by molar-refractivity contribution is 6.30. The molecule has 0 spiro atoms. The van der Waals surface area contributed by atoms with E-state index in [0.29, 0.717) is 12.2 Å². The molecule has 0 aliphatic heterocycles. The van der Waals surface area contributed by atoms with Crippen molar-refractivity contribution in [3.63, 3.8) is 0 Å². The molecule has 0 radical (unpaired) electrons. The fourth-order valence-corrected chi connectivity index (χ4v) is 2.16. The number of anilines is 1. The average Bonchev–Trinajstić information content (AvgIpc) is 2.91. The largest absolute Gasteiger partial charge is 0.355 e. The van der Waals surface area contributed by atoms with Gasteiger partial charge in [-0.1, -0.05) is 17.7 Å². The van der Waals surface area contributed by atoms with E-state index in [2.05, 4.69) is 20.2 Å². The molecule has 0 atom stereocenters. The third kappa shape index (κ3) is 2.30. The molecule has 2 aromatic heterocycles. The van der Waals surface area contributed by atoms with Crippen LogP contribution in [0.15, 0.2) is 30.7 Å². The van der Waals surface area contributed by atoms with Crippen LogP contribution in [0.5, 0.6) is 0 Å². The highest BCUT2D eigenvalue weighted by atomic mass is 35.5. The normalized spacial score (nSPS) is 10.9. The van der Waals surface area contributed by atoms with Crippen molar-refractivity contribution in [2.75, 3.05) is 11.9 Å². The summed E-state index contributed by atoms with van der Waals surface area (Å²) in [5.41, 5.74) is 1.48. The predicted octanol–water partition coefficient (Wildman–Crippen LogP) is 2.78. The molecule has 3 aromatic rings. The number of rotatable bonds is 3. The van der Waals surface area contributed by atoms with Crippen LogP contribution < -0.4 is 4.90 Å². The van der Waals surface area contributed by atoms with Gasteiger partial charge < -0.3 is 4.90 Å². The first kappa shape index (κ1) is 12.8. The maximum absolute atomic E-state index is 13.4. The van der Waals surface area contributed by atoms with E-state index < -0.39 is 5.82 Å². The third-order valence-electron chi connectivity index (χ3n) is 2.99. The van der Waals surface area contributed by atoms with Gasteiger partial charge in [0, 0.05) is 13.6 Å². The second-order valence-corrected chi connectivity index (χ2v) is 4.84. The Kier molecular flexibility index (Phi) is 3.23. The molecule has 0 bridgehead atoms. The maximum atomic E-state index is 13.4. The number of halogens is 2. The van der Waals surface area contributed by atoms with Gasteiger partial charge in [-0.15, -0.1) is 0 Å². The van der Waals surface area contributed by atoms with Crippen LogP contribution in [0.2, 0.25) is 5.02 Å². The van der Waals surface area contributed by atoms with Crippen LogP contribution >= 0.6 is 11.6 Å². The van der Waals surface area contributed by atoms with E-state index in [9.17, 15) is 4.39 Å². The Morgan fingerprint density at radius 3 is 3.00 bits per heavy atom. The van der Waals surface area contributed by atoms with Gasteiger partial charge in [0.1, 0.15) is 18.0 Å². The predicted molar refractivity (Wildman–Crippen MR) is 75.2 cm³/mol. The van der Waals surface area contributed by atoms with Crippen LogP contribution in [0.25, 0.3) is 11.0 Å². The number of fused-ring (bicyclic) bond motifs is 1. The fraction of sp³-hybridized carbons (Fsp3) is 0.154. The SMILES string of the molecule is CN(Cc1ccc(Cl)c(F)c1)c1ncnc2[nH]ncc12. The molecule has 5 nitrogen and oxygen atoms in total. The number of hydrogen-bond acceptors (Lipinski definition) is 4. The molecule has 1 N–H and O–H groups in total. The standard InChI is InChI=1S/C13H11ClFN5/c1-20(6-8-2-3-10(14)11(15)4-8)13-9-5-18-19-12(9)16-7-17-13/h2-5,7H,6H2,1H3,(H,16,17,18,19). The summed E-state index contributed by atoms with van der Waals surface area (Å²) in [4.78, 5) is 10.2. The fourth-order valence-electron chi connectivity index (χ4n) is 2.04. The Labute approximate surface area is 119 Å². The lowest BCUT2D eigenvalue weighted by Crippen LogP contribution is -2.18. The van der Waals surface area contributed by atoms with Crippen molar-refractivity contribution in [2.45, 2.75) is 6.54 Å². The summed E-state index contributed by atoms with van der Waals surface area (Å²) in [6.45, 7) is 0.505. The number of benzene rings is 1. The maximum Gasteiger partial charge on any atom is 0.160 e. The molecule has 0 amide bonds. The van der Waals surface area contributed by atoms with Gasteiger partial charge >= 0.3 is 0 Å².